The van der Waals surface area contributed by atoms with E-state index in [0.717, 1.165) is 4.90 Å². The number of nitrogens with two attached hydrogens (primary N) is 2. The Bertz CT molecular complexity index is 653. The Morgan fingerprint density at radius 1 is 1.26 bits per heavy atom. The summed E-state index contributed by atoms with van der Waals surface area (Å²) in [6.45, 7) is 0. The van der Waals surface area contributed by atoms with E-state index >= 15 is 0 Å². The number of nitrogen functional groups attached to an aromatic ring is 2. The van der Waals surface area contributed by atoms with Crippen LogP contribution in [0.1, 0.15) is 0 Å². The van der Waals surface area contributed by atoms with E-state index in [0.29, 0.717) is 16.5 Å². The molecule has 5 N–H and O–H groups in total. The predicted molar refractivity (Wildman–Crippen MR) is 78.6 cm³/mol. The van der Waals surface area contributed by atoms with Crippen molar-refractivity contribution < 1.29 is 0 Å². The van der Waals surface area contributed by atoms with E-state index in [-0.39, 0.29) is 11.4 Å². The number of para-hydroxylation sites is 1. The normalized spacial score (nSPS) is 10.4. The Hall–Kier alpha value is -2.15. The van der Waals surface area contributed by atoms with E-state index in [1.807, 2.05) is 18.2 Å². The first-order chi connectivity index (χ1) is 8.99. The smallest absolute Gasteiger partial charge is 0.268 e. The molecule has 0 unspecified atom stereocenters. The van der Waals surface area contributed by atoms with Crippen LogP contribution in [0, 0.1) is 0 Å². The van der Waals surface area contributed by atoms with Crippen molar-refractivity contribution in [3.05, 3.63) is 34.6 Å². The summed E-state index contributed by atoms with van der Waals surface area (Å²) in [6.07, 6.45) is 0. The van der Waals surface area contributed by atoms with Crippen LogP contribution >= 0.6 is 11.8 Å². The molecule has 100 valence electrons. The fourth-order valence-corrected chi connectivity index (χ4v) is 2.31. The quantitative estimate of drug-likeness (QED) is 0.728. The van der Waals surface area contributed by atoms with Crippen LogP contribution in [0.15, 0.2) is 38.9 Å². The van der Waals surface area contributed by atoms with Gasteiger partial charge in [0.2, 0.25) is 5.95 Å². The molecule has 0 aliphatic carbocycles. The fourth-order valence-electron chi connectivity index (χ4n) is 1.46. The van der Waals surface area contributed by atoms with Crippen LogP contribution in [0.4, 0.5) is 17.5 Å². The largest absolute Gasteiger partial charge is 0.398 e. The number of rotatable bonds is 3. The number of H-pyrrole nitrogens is 1. The van der Waals surface area contributed by atoms with E-state index in [1.165, 1.54) is 11.8 Å². The van der Waals surface area contributed by atoms with Gasteiger partial charge in [0.25, 0.3) is 5.56 Å². The van der Waals surface area contributed by atoms with Crippen LogP contribution in [0.25, 0.3) is 0 Å². The van der Waals surface area contributed by atoms with Crippen molar-refractivity contribution in [1.29, 1.82) is 0 Å². The van der Waals surface area contributed by atoms with Gasteiger partial charge < -0.3 is 16.4 Å². The number of nitrogens with one attached hydrogen (secondary N) is 1. The molecule has 0 bridgehead atoms. The maximum Gasteiger partial charge on any atom is 0.268 e. The van der Waals surface area contributed by atoms with Gasteiger partial charge in [0.05, 0.1) is 0 Å². The van der Waals surface area contributed by atoms with Crippen molar-refractivity contribution in [1.82, 2.24) is 9.97 Å². The Morgan fingerprint density at radius 3 is 2.53 bits per heavy atom. The third-order valence-corrected chi connectivity index (χ3v) is 3.64. The van der Waals surface area contributed by atoms with Gasteiger partial charge in [-0.25, -0.2) is 0 Å². The first-order valence-electron chi connectivity index (χ1n) is 5.58. The van der Waals surface area contributed by atoms with Crippen LogP contribution in [-0.4, -0.2) is 24.1 Å². The summed E-state index contributed by atoms with van der Waals surface area (Å²) < 4.78 is 0. The number of aromatic amines is 1. The highest BCUT2D eigenvalue weighted by atomic mass is 32.2. The lowest BCUT2D eigenvalue weighted by atomic mass is 10.3. The van der Waals surface area contributed by atoms with Gasteiger partial charge in [-0.15, -0.1) is 0 Å². The molecule has 2 rings (SSSR count). The monoisotopic (exact) mass is 277 g/mol. The third-order valence-electron chi connectivity index (χ3n) is 2.45. The number of nitrogens with zero attached hydrogens (tertiary/aromatic N) is 2. The molecule has 1 heterocycles. The molecule has 0 atom stereocenters. The maximum absolute atomic E-state index is 12.0. The number of hydrogen-bond acceptors (Lipinski definition) is 6. The molecule has 0 radical (unpaired) electrons. The van der Waals surface area contributed by atoms with Crippen molar-refractivity contribution in [3.8, 4) is 0 Å². The number of anilines is 3. The first kappa shape index (κ1) is 13.3. The standard InChI is InChI=1S/C12H15N5OS/c1-17(2)12-15-10(14)9(11(18)16-12)19-8-6-4-3-5-7(8)13/h3-6H,13H2,1-2H3,(H3,14,15,16,18). The highest BCUT2D eigenvalue weighted by molar-refractivity contribution is 7.99. The second-order valence-corrected chi connectivity index (χ2v) is 5.19. The van der Waals surface area contributed by atoms with Crippen LogP contribution in [0.3, 0.4) is 0 Å². The van der Waals surface area contributed by atoms with Gasteiger partial charge in [-0.1, -0.05) is 23.9 Å². The van der Waals surface area contributed by atoms with Crippen molar-refractivity contribution in [2.45, 2.75) is 9.79 Å². The molecule has 0 saturated heterocycles. The molecule has 0 aliphatic rings. The SMILES string of the molecule is CN(C)c1nc(N)c(Sc2ccccc2N)c(=O)[nH]1. The molecule has 0 amide bonds. The van der Waals surface area contributed by atoms with Crippen LogP contribution < -0.4 is 21.9 Å². The number of hydrogen-bond donors (Lipinski definition) is 3. The van der Waals surface area contributed by atoms with Crippen molar-refractivity contribution in [2.75, 3.05) is 30.5 Å². The average Bonchev–Trinajstić information content (AvgIpc) is 2.35. The van der Waals surface area contributed by atoms with Crippen LogP contribution in [0.5, 0.6) is 0 Å². The first-order valence-corrected chi connectivity index (χ1v) is 6.40. The molecule has 7 heteroatoms. The van der Waals surface area contributed by atoms with E-state index in [2.05, 4.69) is 9.97 Å². The number of aromatic nitrogens is 2. The Labute approximate surface area is 114 Å². The van der Waals surface area contributed by atoms with Gasteiger partial charge in [-0.05, 0) is 12.1 Å². The summed E-state index contributed by atoms with van der Waals surface area (Å²) in [5.41, 5.74) is 12.0. The highest BCUT2D eigenvalue weighted by Gasteiger charge is 2.12. The molecular formula is C12H15N5OS. The lowest BCUT2D eigenvalue weighted by molar-refractivity contribution is 0.957. The van der Waals surface area contributed by atoms with Crippen LogP contribution in [-0.2, 0) is 0 Å². The Morgan fingerprint density at radius 2 is 1.95 bits per heavy atom. The van der Waals surface area contributed by atoms with Crippen molar-refractivity contribution in [2.24, 2.45) is 0 Å². The highest BCUT2D eigenvalue weighted by Crippen LogP contribution is 2.32. The molecule has 0 fully saturated rings. The predicted octanol–water partition coefficient (Wildman–Crippen LogP) is 1.15. The average molecular weight is 277 g/mol. The summed E-state index contributed by atoms with van der Waals surface area (Å²) in [5.74, 6) is 0.619. The third kappa shape index (κ3) is 2.82. The minimum atomic E-state index is -0.274. The lowest BCUT2D eigenvalue weighted by Crippen LogP contribution is -2.21. The molecule has 1 aromatic carbocycles. The minimum Gasteiger partial charge on any atom is -0.398 e. The Balaban J connectivity index is 2.42. The molecule has 0 saturated carbocycles. The van der Waals surface area contributed by atoms with Crippen molar-refractivity contribution in [3.63, 3.8) is 0 Å². The van der Waals surface area contributed by atoms with E-state index in [4.69, 9.17) is 11.5 Å². The molecule has 0 spiro atoms. The molecule has 2 aromatic rings. The topological polar surface area (TPSA) is 101 Å². The van der Waals surface area contributed by atoms with Gasteiger partial charge >= 0.3 is 0 Å². The minimum absolute atomic E-state index is 0.195. The molecule has 1 aromatic heterocycles. The number of benzene rings is 1. The van der Waals surface area contributed by atoms with E-state index in [1.54, 1.807) is 25.1 Å². The zero-order valence-electron chi connectivity index (χ0n) is 10.7. The van der Waals surface area contributed by atoms with Gasteiger partial charge in [0, 0.05) is 24.7 Å². The van der Waals surface area contributed by atoms with Gasteiger partial charge in [-0.2, -0.15) is 4.98 Å². The fraction of sp³-hybridized carbons (Fsp3) is 0.167. The van der Waals surface area contributed by atoms with Crippen molar-refractivity contribution >= 4 is 29.2 Å². The summed E-state index contributed by atoms with van der Waals surface area (Å²) in [6, 6.07) is 7.29. The lowest BCUT2D eigenvalue weighted by Gasteiger charge is -2.12. The van der Waals surface area contributed by atoms with Gasteiger partial charge in [0.15, 0.2) is 0 Å². The zero-order chi connectivity index (χ0) is 14.0. The summed E-state index contributed by atoms with van der Waals surface area (Å²) in [7, 11) is 3.55. The second-order valence-electron chi connectivity index (χ2n) is 4.14. The summed E-state index contributed by atoms with van der Waals surface area (Å²) in [5, 5.41) is 0. The molecule has 19 heavy (non-hydrogen) atoms. The summed E-state index contributed by atoms with van der Waals surface area (Å²) >= 11 is 1.21. The molecular weight excluding hydrogens is 262 g/mol. The Kier molecular flexibility index (Phi) is 3.66. The molecule has 0 aliphatic heterocycles. The van der Waals surface area contributed by atoms with Gasteiger partial charge in [-0.3, -0.25) is 9.78 Å². The van der Waals surface area contributed by atoms with Gasteiger partial charge in [0.1, 0.15) is 10.7 Å². The summed E-state index contributed by atoms with van der Waals surface area (Å²) in [4.78, 5) is 21.6. The van der Waals surface area contributed by atoms with E-state index < -0.39 is 0 Å². The zero-order valence-corrected chi connectivity index (χ0v) is 11.5. The second kappa shape index (κ2) is 5.23. The molecule has 6 nitrogen and oxygen atoms in total. The van der Waals surface area contributed by atoms with E-state index in [9.17, 15) is 4.79 Å². The maximum atomic E-state index is 12.0. The van der Waals surface area contributed by atoms with Crippen LogP contribution in [0.2, 0.25) is 0 Å².